The molecular formula is C17H16O2Sn. The molecule has 3 rings (SSSR count). The molecule has 1 aliphatic carbocycles. The van der Waals surface area contributed by atoms with Gasteiger partial charge >= 0.3 is 123 Å². The molecule has 0 N–H and O–H groups in total. The van der Waals surface area contributed by atoms with Gasteiger partial charge in [0, 0.05) is 0 Å². The van der Waals surface area contributed by atoms with Gasteiger partial charge in [0.2, 0.25) is 0 Å². The van der Waals surface area contributed by atoms with E-state index in [0.29, 0.717) is 11.1 Å². The number of hydrogen-bond acceptors (Lipinski definition) is 2. The van der Waals surface area contributed by atoms with Crippen molar-refractivity contribution in [2.24, 2.45) is 0 Å². The zero-order valence-corrected chi connectivity index (χ0v) is 14.7. The van der Waals surface area contributed by atoms with Gasteiger partial charge in [-0.05, 0) is 0 Å². The van der Waals surface area contributed by atoms with Gasteiger partial charge in [0.25, 0.3) is 0 Å². The zero-order valence-electron chi connectivity index (χ0n) is 11.9. The number of aldehydes is 1. The summed E-state index contributed by atoms with van der Waals surface area (Å²) in [5.41, 5.74) is 3.98. The van der Waals surface area contributed by atoms with Gasteiger partial charge in [0.15, 0.2) is 0 Å². The SMILES string of the molecule is [CH3][Sn]([CH3])([CH3])[c]1ccc2c(c1)-c1ccc(C=O)cc1C2=O. The van der Waals surface area contributed by atoms with E-state index >= 15 is 0 Å². The maximum absolute atomic E-state index is 12.4. The Morgan fingerprint density at radius 3 is 2.20 bits per heavy atom. The second-order valence-electron chi connectivity index (χ2n) is 6.26. The molecule has 0 aliphatic heterocycles. The summed E-state index contributed by atoms with van der Waals surface area (Å²) in [6.07, 6.45) is 0.785. The van der Waals surface area contributed by atoms with Crippen molar-refractivity contribution in [1.29, 1.82) is 0 Å². The molecule has 0 fully saturated rings. The monoisotopic (exact) mass is 372 g/mol. The predicted octanol–water partition coefficient (Wildman–Crippen LogP) is 3.26. The molecule has 20 heavy (non-hydrogen) atoms. The number of carbonyl (C=O) groups excluding carboxylic acids is 2. The van der Waals surface area contributed by atoms with Crippen LogP contribution in [0.2, 0.25) is 14.8 Å². The third-order valence-corrected chi connectivity index (χ3v) is 9.68. The van der Waals surface area contributed by atoms with Gasteiger partial charge in [-0.1, -0.05) is 0 Å². The van der Waals surface area contributed by atoms with Crippen LogP contribution in [0.1, 0.15) is 26.3 Å². The van der Waals surface area contributed by atoms with Crippen LogP contribution in [-0.4, -0.2) is 30.4 Å². The van der Waals surface area contributed by atoms with Crippen molar-refractivity contribution < 1.29 is 9.59 Å². The minimum atomic E-state index is -2.15. The normalized spacial score (nSPS) is 13.1. The number of rotatable bonds is 2. The first kappa shape index (κ1) is 13.6. The molecule has 2 aromatic rings. The predicted molar refractivity (Wildman–Crippen MR) is 83.7 cm³/mol. The number of ketones is 1. The summed E-state index contributed by atoms with van der Waals surface area (Å²) >= 11 is -2.15. The van der Waals surface area contributed by atoms with Crippen molar-refractivity contribution in [2.75, 3.05) is 0 Å². The van der Waals surface area contributed by atoms with E-state index in [1.165, 1.54) is 3.58 Å². The molecule has 0 amide bonds. The minimum absolute atomic E-state index is 0.0364. The summed E-state index contributed by atoms with van der Waals surface area (Å²) < 4.78 is 1.41. The third-order valence-electron chi connectivity index (χ3n) is 3.84. The summed E-state index contributed by atoms with van der Waals surface area (Å²) in [6, 6.07) is 11.6. The van der Waals surface area contributed by atoms with Gasteiger partial charge in [0.05, 0.1) is 0 Å². The molecule has 0 aromatic heterocycles. The molecule has 0 saturated heterocycles. The molecular weight excluding hydrogens is 355 g/mol. The van der Waals surface area contributed by atoms with Crippen molar-refractivity contribution in [3.8, 4) is 11.1 Å². The second kappa shape index (κ2) is 4.55. The van der Waals surface area contributed by atoms with Crippen LogP contribution in [0, 0.1) is 0 Å². The summed E-state index contributed by atoms with van der Waals surface area (Å²) in [7, 11) is 0. The molecule has 0 heterocycles. The average molecular weight is 371 g/mol. The molecule has 0 bridgehead atoms. The Kier molecular flexibility index (Phi) is 3.09. The van der Waals surface area contributed by atoms with Crippen LogP contribution in [0.5, 0.6) is 0 Å². The molecule has 100 valence electrons. The van der Waals surface area contributed by atoms with Crippen LogP contribution >= 0.6 is 0 Å². The molecule has 2 aromatic carbocycles. The van der Waals surface area contributed by atoms with Gasteiger partial charge in [0.1, 0.15) is 0 Å². The summed E-state index contributed by atoms with van der Waals surface area (Å²) in [4.78, 5) is 30.4. The molecule has 1 aliphatic rings. The molecule has 0 radical (unpaired) electrons. The van der Waals surface area contributed by atoms with Crippen LogP contribution in [0.15, 0.2) is 36.4 Å². The summed E-state index contributed by atoms with van der Waals surface area (Å²) in [6.45, 7) is 0. The Balaban J connectivity index is 2.23. The van der Waals surface area contributed by atoms with Crippen LogP contribution in [0.25, 0.3) is 11.1 Å². The van der Waals surface area contributed by atoms with Crippen LogP contribution in [0.4, 0.5) is 0 Å². The first-order valence-electron chi connectivity index (χ1n) is 6.70. The van der Waals surface area contributed by atoms with Gasteiger partial charge in [-0.25, -0.2) is 0 Å². The number of hydrogen-bond donors (Lipinski definition) is 0. The van der Waals surface area contributed by atoms with E-state index in [4.69, 9.17) is 0 Å². The fraction of sp³-hybridized carbons (Fsp3) is 0.176. The van der Waals surface area contributed by atoms with Crippen molar-refractivity contribution in [3.63, 3.8) is 0 Å². The van der Waals surface area contributed by atoms with Crippen molar-refractivity contribution in [1.82, 2.24) is 0 Å². The number of fused-ring (bicyclic) bond motifs is 3. The van der Waals surface area contributed by atoms with Crippen molar-refractivity contribution in [2.45, 2.75) is 14.8 Å². The third kappa shape index (κ3) is 2.02. The first-order chi connectivity index (χ1) is 9.41. The Labute approximate surface area is 122 Å². The number of carbonyl (C=O) groups is 2. The molecule has 0 spiro atoms. The van der Waals surface area contributed by atoms with Gasteiger partial charge < -0.3 is 0 Å². The van der Waals surface area contributed by atoms with Crippen LogP contribution < -0.4 is 3.58 Å². The van der Waals surface area contributed by atoms with E-state index < -0.39 is 18.4 Å². The van der Waals surface area contributed by atoms with Crippen LogP contribution in [0.3, 0.4) is 0 Å². The van der Waals surface area contributed by atoms with Crippen molar-refractivity contribution >= 4 is 34.0 Å². The molecule has 0 atom stereocenters. The Hall–Kier alpha value is -1.42. The standard InChI is InChI=1S/C14H7O2.3CH3.Sn/c15-8-9-5-6-11-10-3-1-2-4-12(10)14(16)13(11)7-9;;;;/h2-8H;3*1H3;. The average Bonchev–Trinajstić information content (AvgIpc) is 2.70. The first-order valence-corrected chi connectivity index (χ1v) is 16.7. The quantitative estimate of drug-likeness (QED) is 0.512. The van der Waals surface area contributed by atoms with E-state index in [1.54, 1.807) is 12.1 Å². The number of benzene rings is 2. The Bertz CT molecular complexity index is 739. The zero-order chi connectivity index (χ0) is 14.5. The van der Waals surface area contributed by atoms with Gasteiger partial charge in [-0.15, -0.1) is 0 Å². The molecule has 0 unspecified atom stereocenters. The summed E-state index contributed by atoms with van der Waals surface area (Å²) in [5, 5.41) is 0. The van der Waals surface area contributed by atoms with E-state index in [1.807, 2.05) is 12.1 Å². The molecule has 0 saturated carbocycles. The van der Waals surface area contributed by atoms with Crippen LogP contribution in [-0.2, 0) is 0 Å². The summed E-state index contributed by atoms with van der Waals surface area (Å²) in [5.74, 6) is 0.0364. The fourth-order valence-corrected chi connectivity index (χ4v) is 5.95. The Morgan fingerprint density at radius 2 is 1.55 bits per heavy atom. The van der Waals surface area contributed by atoms with E-state index in [2.05, 4.69) is 27.0 Å². The Morgan fingerprint density at radius 1 is 0.850 bits per heavy atom. The second-order valence-corrected chi connectivity index (χ2v) is 20.8. The molecule has 2 nitrogen and oxygen atoms in total. The fourth-order valence-electron chi connectivity index (χ4n) is 2.63. The van der Waals surface area contributed by atoms with Gasteiger partial charge in [-0.2, -0.15) is 0 Å². The van der Waals surface area contributed by atoms with E-state index in [9.17, 15) is 9.59 Å². The van der Waals surface area contributed by atoms with Gasteiger partial charge in [-0.3, -0.25) is 0 Å². The topological polar surface area (TPSA) is 34.1 Å². The van der Waals surface area contributed by atoms with E-state index in [-0.39, 0.29) is 5.78 Å². The van der Waals surface area contributed by atoms with E-state index in [0.717, 1.165) is 23.0 Å². The van der Waals surface area contributed by atoms with Crippen molar-refractivity contribution in [3.05, 3.63) is 53.1 Å². The maximum atomic E-state index is 12.4. The molecule has 3 heteroatoms.